The number of hydrogen-bond donors (Lipinski definition) is 0. The highest BCUT2D eigenvalue weighted by Crippen LogP contribution is 2.37. The second-order valence-electron chi connectivity index (χ2n) is 9.48. The van der Waals surface area contributed by atoms with Gasteiger partial charge >= 0.3 is 0 Å². The van der Waals surface area contributed by atoms with E-state index < -0.39 is 0 Å². The number of aryl methyl sites for hydroxylation is 1. The van der Waals surface area contributed by atoms with Crippen LogP contribution in [-0.4, -0.2) is 40.2 Å². The third-order valence-electron chi connectivity index (χ3n) is 7.05. The normalized spacial score (nSPS) is 16.0. The molecule has 3 heterocycles. The number of hydrogen-bond acceptors (Lipinski definition) is 4. The molecule has 0 N–H and O–H groups in total. The molecule has 1 fully saturated rings. The second kappa shape index (κ2) is 9.43. The van der Waals surface area contributed by atoms with E-state index >= 15 is 0 Å². The number of rotatable bonds is 4. The Labute approximate surface area is 220 Å². The lowest BCUT2D eigenvalue weighted by Gasteiger charge is -2.42. The van der Waals surface area contributed by atoms with Crippen molar-refractivity contribution in [2.45, 2.75) is 19.9 Å². The van der Waals surface area contributed by atoms with Crippen LogP contribution in [0.15, 0.2) is 95.9 Å². The molecule has 0 bridgehead atoms. The molecule has 1 atom stereocenters. The fourth-order valence-corrected chi connectivity index (χ4v) is 5.45. The van der Waals surface area contributed by atoms with Crippen LogP contribution in [0.25, 0.3) is 27.8 Å². The van der Waals surface area contributed by atoms with Gasteiger partial charge in [0.2, 0.25) is 0 Å². The Bertz CT molecular complexity index is 1490. The van der Waals surface area contributed by atoms with Crippen LogP contribution in [0.1, 0.15) is 12.5 Å². The van der Waals surface area contributed by atoms with Gasteiger partial charge in [-0.25, -0.2) is 9.97 Å². The van der Waals surface area contributed by atoms with Gasteiger partial charge in [-0.1, -0.05) is 64.0 Å². The van der Waals surface area contributed by atoms with E-state index in [9.17, 15) is 0 Å². The fourth-order valence-electron chi connectivity index (χ4n) is 5.19. The topological polar surface area (TPSA) is 37.2 Å². The van der Waals surface area contributed by atoms with Crippen molar-refractivity contribution in [3.8, 4) is 16.8 Å². The molecule has 1 aliphatic heterocycles. The molecule has 0 saturated carbocycles. The zero-order valence-electron chi connectivity index (χ0n) is 20.5. The maximum Gasteiger partial charge on any atom is 0.150 e. The first-order valence-corrected chi connectivity index (χ1v) is 13.1. The van der Waals surface area contributed by atoms with Crippen LogP contribution < -0.4 is 9.80 Å². The molecule has 6 heteroatoms. The number of nitrogens with zero attached hydrogens (tertiary/aromatic N) is 5. The Morgan fingerprint density at radius 3 is 2.28 bits per heavy atom. The van der Waals surface area contributed by atoms with Crippen LogP contribution in [0.4, 0.5) is 11.5 Å². The predicted octanol–water partition coefficient (Wildman–Crippen LogP) is 6.87. The number of piperazine rings is 1. The van der Waals surface area contributed by atoms with Crippen LogP contribution in [0.5, 0.6) is 0 Å². The Morgan fingerprint density at radius 1 is 0.833 bits per heavy atom. The van der Waals surface area contributed by atoms with E-state index in [-0.39, 0.29) is 0 Å². The molecule has 0 aliphatic carbocycles. The van der Waals surface area contributed by atoms with Crippen molar-refractivity contribution in [2.24, 2.45) is 0 Å². The molecule has 1 aliphatic rings. The van der Waals surface area contributed by atoms with E-state index in [4.69, 9.17) is 9.97 Å². The summed E-state index contributed by atoms with van der Waals surface area (Å²) in [6.45, 7) is 7.19. The van der Waals surface area contributed by atoms with E-state index in [0.29, 0.717) is 6.04 Å². The van der Waals surface area contributed by atoms with Gasteiger partial charge in [0.1, 0.15) is 12.1 Å². The molecule has 5 nitrogen and oxygen atoms in total. The highest BCUT2D eigenvalue weighted by molar-refractivity contribution is 9.10. The predicted molar refractivity (Wildman–Crippen MR) is 152 cm³/mol. The summed E-state index contributed by atoms with van der Waals surface area (Å²) in [5, 5.41) is 1.10. The standard InChI is InChI=1S/C30H28BrN5/c1-21-8-12-25(13-9-21)35-17-16-34(18-22(35)2)29-28-27(23-6-4-3-5-7-23)19-36(30(28)33-20-32-29)26-14-10-24(31)11-15-26/h3-15,19-20,22H,16-18H2,1-2H3/t22-/m1/s1. The molecule has 180 valence electrons. The van der Waals surface area contributed by atoms with Crippen LogP contribution in [0, 0.1) is 6.92 Å². The molecule has 0 amide bonds. The maximum atomic E-state index is 4.86. The van der Waals surface area contributed by atoms with E-state index in [1.165, 1.54) is 16.8 Å². The van der Waals surface area contributed by atoms with Crippen molar-refractivity contribution < 1.29 is 0 Å². The summed E-state index contributed by atoms with van der Waals surface area (Å²) in [6, 6.07) is 28.1. The van der Waals surface area contributed by atoms with Gasteiger partial charge in [-0.3, -0.25) is 0 Å². The number of aromatic nitrogens is 3. The number of anilines is 2. The zero-order chi connectivity index (χ0) is 24.6. The van der Waals surface area contributed by atoms with E-state index in [0.717, 1.165) is 52.2 Å². The summed E-state index contributed by atoms with van der Waals surface area (Å²) >= 11 is 3.56. The minimum atomic E-state index is 0.361. The molecule has 0 spiro atoms. The third kappa shape index (κ3) is 4.16. The molecular formula is C30H28BrN5. The van der Waals surface area contributed by atoms with E-state index in [1.807, 2.05) is 0 Å². The Hall–Kier alpha value is -3.64. The molecule has 1 saturated heterocycles. The van der Waals surface area contributed by atoms with Crippen LogP contribution >= 0.6 is 15.9 Å². The maximum absolute atomic E-state index is 4.86. The first-order valence-electron chi connectivity index (χ1n) is 12.3. The van der Waals surface area contributed by atoms with Gasteiger partial charge in [-0.2, -0.15) is 0 Å². The Balaban J connectivity index is 1.43. The number of halogens is 1. The lowest BCUT2D eigenvalue weighted by Crippen LogP contribution is -2.52. The van der Waals surface area contributed by atoms with Gasteiger partial charge in [-0.15, -0.1) is 0 Å². The van der Waals surface area contributed by atoms with Gasteiger partial charge in [0.05, 0.1) is 5.39 Å². The Morgan fingerprint density at radius 2 is 1.56 bits per heavy atom. The first-order chi connectivity index (χ1) is 17.6. The van der Waals surface area contributed by atoms with Crippen molar-refractivity contribution in [1.29, 1.82) is 0 Å². The smallest absolute Gasteiger partial charge is 0.150 e. The average molecular weight is 538 g/mol. The van der Waals surface area contributed by atoms with Gasteiger partial charge in [0.25, 0.3) is 0 Å². The van der Waals surface area contributed by atoms with Gasteiger partial charge in [0.15, 0.2) is 5.65 Å². The van der Waals surface area contributed by atoms with Gasteiger partial charge in [-0.05, 0) is 55.8 Å². The van der Waals surface area contributed by atoms with Crippen LogP contribution in [0.2, 0.25) is 0 Å². The summed E-state index contributed by atoms with van der Waals surface area (Å²) in [5.41, 5.74) is 6.89. The quantitative estimate of drug-likeness (QED) is 0.250. The molecular weight excluding hydrogens is 510 g/mol. The summed E-state index contributed by atoms with van der Waals surface area (Å²) in [4.78, 5) is 14.6. The third-order valence-corrected chi connectivity index (χ3v) is 7.57. The highest BCUT2D eigenvalue weighted by Gasteiger charge is 2.28. The van der Waals surface area contributed by atoms with E-state index in [2.05, 4.69) is 129 Å². The summed E-state index contributed by atoms with van der Waals surface area (Å²) in [5.74, 6) is 1.00. The summed E-state index contributed by atoms with van der Waals surface area (Å²) in [7, 11) is 0. The molecule has 5 aromatic rings. The second-order valence-corrected chi connectivity index (χ2v) is 10.4. The molecule has 2 aromatic heterocycles. The highest BCUT2D eigenvalue weighted by atomic mass is 79.9. The van der Waals surface area contributed by atoms with Crippen LogP contribution in [-0.2, 0) is 0 Å². The van der Waals surface area contributed by atoms with Crippen molar-refractivity contribution in [3.63, 3.8) is 0 Å². The lowest BCUT2D eigenvalue weighted by molar-refractivity contribution is 0.548. The average Bonchev–Trinajstić information content (AvgIpc) is 3.30. The minimum absolute atomic E-state index is 0.361. The fraction of sp³-hybridized carbons (Fsp3) is 0.200. The first kappa shape index (κ1) is 22.8. The molecule has 36 heavy (non-hydrogen) atoms. The molecule has 0 radical (unpaired) electrons. The van der Waals surface area contributed by atoms with Crippen molar-refractivity contribution in [3.05, 3.63) is 101 Å². The summed E-state index contributed by atoms with van der Waals surface area (Å²) < 4.78 is 3.24. The monoisotopic (exact) mass is 537 g/mol. The largest absolute Gasteiger partial charge is 0.365 e. The Kier molecular flexibility index (Phi) is 5.97. The molecule has 3 aromatic carbocycles. The lowest BCUT2D eigenvalue weighted by atomic mass is 10.1. The van der Waals surface area contributed by atoms with Crippen molar-refractivity contribution in [1.82, 2.24) is 14.5 Å². The SMILES string of the molecule is Cc1ccc(N2CCN(c3ncnc4c3c(-c3ccccc3)cn4-c3ccc(Br)cc3)C[C@H]2C)cc1. The summed E-state index contributed by atoms with van der Waals surface area (Å²) in [6.07, 6.45) is 3.91. The minimum Gasteiger partial charge on any atom is -0.365 e. The number of benzene rings is 3. The number of fused-ring (bicyclic) bond motifs is 1. The van der Waals surface area contributed by atoms with Gasteiger partial charge in [0, 0.05) is 53.3 Å². The van der Waals surface area contributed by atoms with Crippen LogP contribution in [0.3, 0.4) is 0 Å². The van der Waals surface area contributed by atoms with Crippen molar-refractivity contribution in [2.75, 3.05) is 29.4 Å². The molecule has 0 unspecified atom stereocenters. The van der Waals surface area contributed by atoms with Gasteiger partial charge < -0.3 is 14.4 Å². The molecule has 6 rings (SSSR count). The van der Waals surface area contributed by atoms with E-state index in [1.54, 1.807) is 6.33 Å². The van der Waals surface area contributed by atoms with Crippen molar-refractivity contribution >= 4 is 38.5 Å². The zero-order valence-corrected chi connectivity index (χ0v) is 22.1.